The molecule has 2 rings (SSSR count). The Morgan fingerprint density at radius 3 is 2.85 bits per heavy atom. The van der Waals surface area contributed by atoms with Gasteiger partial charge in [0.2, 0.25) is 0 Å². The standard InChI is InChI=1S/C9H11N3S/c1-12-7-5-3-2-4-6(7)11-9(13)8(12)10/h2-5,11,13H,10H2,1H3. The van der Waals surface area contributed by atoms with E-state index in [0.29, 0.717) is 10.9 Å². The number of hydrogen-bond donors (Lipinski definition) is 3. The monoisotopic (exact) mass is 193 g/mol. The molecule has 1 aliphatic heterocycles. The predicted octanol–water partition coefficient (Wildman–Crippen LogP) is 1.56. The highest BCUT2D eigenvalue weighted by molar-refractivity contribution is 7.84. The van der Waals surface area contributed by atoms with Crippen molar-refractivity contribution in [1.29, 1.82) is 0 Å². The number of nitrogens with zero attached hydrogens (tertiary/aromatic N) is 1. The maximum absolute atomic E-state index is 5.80. The second-order valence-electron chi connectivity index (χ2n) is 2.94. The smallest absolute Gasteiger partial charge is 0.134 e. The first-order chi connectivity index (χ1) is 6.20. The van der Waals surface area contributed by atoms with Crippen molar-refractivity contribution >= 4 is 24.0 Å². The molecule has 0 radical (unpaired) electrons. The molecule has 0 amide bonds. The number of nitrogens with two attached hydrogens (primary N) is 1. The van der Waals surface area contributed by atoms with Gasteiger partial charge in [0.25, 0.3) is 0 Å². The molecule has 1 heterocycles. The lowest BCUT2D eigenvalue weighted by Crippen LogP contribution is -2.29. The fourth-order valence-corrected chi connectivity index (χ4v) is 1.62. The van der Waals surface area contributed by atoms with E-state index in [9.17, 15) is 0 Å². The summed E-state index contributed by atoms with van der Waals surface area (Å²) in [5.74, 6) is 0.641. The zero-order chi connectivity index (χ0) is 9.42. The summed E-state index contributed by atoms with van der Waals surface area (Å²) in [6.07, 6.45) is 0. The Morgan fingerprint density at radius 2 is 2.08 bits per heavy atom. The number of hydrogen-bond acceptors (Lipinski definition) is 4. The van der Waals surface area contributed by atoms with E-state index in [1.165, 1.54) is 0 Å². The molecule has 0 saturated carbocycles. The van der Waals surface area contributed by atoms with Gasteiger partial charge in [0.1, 0.15) is 10.9 Å². The predicted molar refractivity (Wildman–Crippen MR) is 58.7 cm³/mol. The van der Waals surface area contributed by atoms with Crippen molar-refractivity contribution in [2.45, 2.75) is 0 Å². The number of para-hydroxylation sites is 2. The Labute approximate surface area is 82.6 Å². The third-order valence-electron chi connectivity index (χ3n) is 2.12. The number of anilines is 2. The van der Waals surface area contributed by atoms with Gasteiger partial charge < -0.3 is 16.0 Å². The van der Waals surface area contributed by atoms with E-state index in [1.54, 1.807) is 0 Å². The average molecular weight is 193 g/mol. The van der Waals surface area contributed by atoms with Crippen LogP contribution >= 0.6 is 12.6 Å². The molecule has 1 aromatic carbocycles. The van der Waals surface area contributed by atoms with E-state index in [1.807, 2.05) is 36.2 Å². The van der Waals surface area contributed by atoms with E-state index in [4.69, 9.17) is 5.73 Å². The third-order valence-corrected chi connectivity index (χ3v) is 2.46. The van der Waals surface area contributed by atoms with Crippen LogP contribution in [0.25, 0.3) is 0 Å². The molecule has 1 aliphatic rings. The SMILES string of the molecule is CN1C(N)=C(S)Nc2ccccc21. The molecule has 3 N–H and O–H groups in total. The lowest BCUT2D eigenvalue weighted by atomic mass is 10.2. The first-order valence-electron chi connectivity index (χ1n) is 3.98. The molecule has 0 fully saturated rings. The fraction of sp³-hybridized carbons (Fsp3) is 0.111. The molecular formula is C9H11N3S. The highest BCUT2D eigenvalue weighted by Gasteiger charge is 2.17. The normalized spacial score (nSPS) is 15.4. The molecule has 0 atom stereocenters. The van der Waals surface area contributed by atoms with E-state index in [0.717, 1.165) is 11.4 Å². The number of benzene rings is 1. The Hall–Kier alpha value is -1.29. The zero-order valence-electron chi connectivity index (χ0n) is 7.28. The van der Waals surface area contributed by atoms with E-state index in [-0.39, 0.29) is 0 Å². The molecule has 4 heteroatoms. The Kier molecular flexibility index (Phi) is 1.84. The Morgan fingerprint density at radius 1 is 1.38 bits per heavy atom. The summed E-state index contributed by atoms with van der Waals surface area (Å²) in [6.45, 7) is 0. The summed E-state index contributed by atoms with van der Waals surface area (Å²) in [6, 6.07) is 7.96. The summed E-state index contributed by atoms with van der Waals surface area (Å²) in [5, 5.41) is 3.81. The maximum atomic E-state index is 5.80. The fourth-order valence-electron chi connectivity index (χ4n) is 1.35. The van der Waals surface area contributed by atoms with Gasteiger partial charge in [-0.2, -0.15) is 0 Å². The lowest BCUT2D eigenvalue weighted by molar-refractivity contribution is 1.03. The van der Waals surface area contributed by atoms with Crippen molar-refractivity contribution in [3.63, 3.8) is 0 Å². The van der Waals surface area contributed by atoms with Gasteiger partial charge in [-0.25, -0.2) is 0 Å². The zero-order valence-corrected chi connectivity index (χ0v) is 8.18. The topological polar surface area (TPSA) is 41.3 Å². The number of rotatable bonds is 0. The molecule has 0 saturated heterocycles. The third kappa shape index (κ3) is 1.23. The van der Waals surface area contributed by atoms with Crippen molar-refractivity contribution in [1.82, 2.24) is 0 Å². The summed E-state index contributed by atoms with van der Waals surface area (Å²) < 4.78 is 0. The Balaban J connectivity index is 2.52. The van der Waals surface area contributed by atoms with E-state index in [2.05, 4.69) is 17.9 Å². The minimum atomic E-state index is 0.641. The summed E-state index contributed by atoms with van der Waals surface area (Å²) >= 11 is 4.24. The molecule has 0 bridgehead atoms. The molecule has 1 aromatic rings. The van der Waals surface area contributed by atoms with Gasteiger partial charge in [0.15, 0.2) is 0 Å². The first kappa shape index (κ1) is 8.31. The van der Waals surface area contributed by atoms with Gasteiger partial charge in [-0.15, -0.1) is 12.6 Å². The van der Waals surface area contributed by atoms with Crippen molar-refractivity contribution < 1.29 is 0 Å². The highest BCUT2D eigenvalue weighted by Crippen LogP contribution is 2.32. The van der Waals surface area contributed by atoms with Crippen molar-refractivity contribution in [2.24, 2.45) is 5.73 Å². The summed E-state index contributed by atoms with van der Waals surface area (Å²) in [7, 11) is 1.92. The van der Waals surface area contributed by atoms with Crippen molar-refractivity contribution in [3.8, 4) is 0 Å². The van der Waals surface area contributed by atoms with Gasteiger partial charge in [0.05, 0.1) is 11.4 Å². The molecule has 0 spiro atoms. The van der Waals surface area contributed by atoms with Crippen LogP contribution in [0.1, 0.15) is 0 Å². The second kappa shape index (κ2) is 2.88. The van der Waals surface area contributed by atoms with Gasteiger partial charge in [0, 0.05) is 7.05 Å². The molecule has 68 valence electrons. The average Bonchev–Trinajstić information content (AvgIpc) is 2.15. The summed E-state index contributed by atoms with van der Waals surface area (Å²) in [5.41, 5.74) is 7.90. The van der Waals surface area contributed by atoms with Crippen LogP contribution in [-0.2, 0) is 0 Å². The Bertz CT molecular complexity index is 373. The van der Waals surface area contributed by atoms with Crippen molar-refractivity contribution in [2.75, 3.05) is 17.3 Å². The number of nitrogens with one attached hydrogen (secondary N) is 1. The van der Waals surface area contributed by atoms with Gasteiger partial charge in [-0.1, -0.05) is 12.1 Å². The minimum absolute atomic E-state index is 0.641. The van der Waals surface area contributed by atoms with Crippen LogP contribution < -0.4 is 16.0 Å². The molecule has 3 nitrogen and oxygen atoms in total. The molecular weight excluding hydrogens is 182 g/mol. The van der Waals surface area contributed by atoms with Crippen LogP contribution in [-0.4, -0.2) is 7.05 Å². The van der Waals surface area contributed by atoms with Gasteiger partial charge in [-0.3, -0.25) is 0 Å². The van der Waals surface area contributed by atoms with Gasteiger partial charge in [-0.05, 0) is 12.1 Å². The van der Waals surface area contributed by atoms with E-state index >= 15 is 0 Å². The number of fused-ring (bicyclic) bond motifs is 1. The van der Waals surface area contributed by atoms with Crippen LogP contribution in [0.3, 0.4) is 0 Å². The maximum Gasteiger partial charge on any atom is 0.134 e. The number of thiol groups is 1. The highest BCUT2D eigenvalue weighted by atomic mass is 32.1. The van der Waals surface area contributed by atoms with Crippen LogP contribution in [0.4, 0.5) is 11.4 Å². The van der Waals surface area contributed by atoms with Crippen LogP contribution in [0.15, 0.2) is 35.1 Å². The van der Waals surface area contributed by atoms with Gasteiger partial charge >= 0.3 is 0 Å². The minimum Gasteiger partial charge on any atom is -0.383 e. The first-order valence-corrected chi connectivity index (χ1v) is 4.43. The van der Waals surface area contributed by atoms with Crippen LogP contribution in [0, 0.1) is 0 Å². The van der Waals surface area contributed by atoms with Crippen LogP contribution in [0.2, 0.25) is 0 Å². The lowest BCUT2D eigenvalue weighted by Gasteiger charge is -2.29. The molecule has 0 aromatic heterocycles. The molecule has 0 unspecified atom stereocenters. The quantitative estimate of drug-likeness (QED) is 0.548. The second-order valence-corrected chi connectivity index (χ2v) is 3.38. The molecule has 13 heavy (non-hydrogen) atoms. The largest absolute Gasteiger partial charge is 0.383 e. The molecule has 0 aliphatic carbocycles. The van der Waals surface area contributed by atoms with Crippen molar-refractivity contribution in [3.05, 3.63) is 35.1 Å². The summed E-state index contributed by atoms with van der Waals surface area (Å²) in [4.78, 5) is 1.91. The van der Waals surface area contributed by atoms with Crippen LogP contribution in [0.5, 0.6) is 0 Å². The van der Waals surface area contributed by atoms with E-state index < -0.39 is 0 Å².